The Kier molecular flexibility index (Phi) is 9.03. The number of aliphatic hydroxyl groups is 1. The summed E-state index contributed by atoms with van der Waals surface area (Å²) in [6.45, 7) is 5.69. The molecule has 2 unspecified atom stereocenters. The number of hydrogen-bond donors (Lipinski definition) is 2. The molecule has 2 N–H and O–H groups in total. The minimum absolute atomic E-state index is 0.267. The molecule has 0 spiro atoms. The quantitative estimate of drug-likeness (QED) is 0.593. The van der Waals surface area contributed by atoms with Crippen LogP contribution in [0.3, 0.4) is 0 Å². The average molecular weight is 205 g/mol. The number of rotatable bonds is 8. The Morgan fingerprint density at radius 1 is 1.38 bits per heavy atom. The topological polar surface area (TPSA) is 32.3 Å². The van der Waals surface area contributed by atoms with E-state index in [1.807, 2.05) is 6.26 Å². The Bertz CT molecular complexity index is 107. The molecule has 0 aromatic heterocycles. The van der Waals surface area contributed by atoms with Crippen molar-refractivity contribution in [3.63, 3.8) is 0 Å². The molecule has 0 saturated heterocycles. The fourth-order valence-electron chi connectivity index (χ4n) is 1.27. The Labute approximate surface area is 86.5 Å². The third kappa shape index (κ3) is 6.36. The second-order valence-electron chi connectivity index (χ2n) is 3.41. The lowest BCUT2D eigenvalue weighted by atomic mass is 10.2. The Balaban J connectivity index is 3.42. The summed E-state index contributed by atoms with van der Waals surface area (Å²) in [5.41, 5.74) is 0. The predicted molar refractivity (Wildman–Crippen MR) is 61.4 cm³/mol. The molecule has 0 saturated carbocycles. The van der Waals surface area contributed by atoms with E-state index in [9.17, 15) is 0 Å². The molecule has 2 nitrogen and oxygen atoms in total. The lowest BCUT2D eigenvalue weighted by Gasteiger charge is -2.21. The normalized spacial score (nSPS) is 15.7. The van der Waals surface area contributed by atoms with E-state index in [2.05, 4.69) is 19.2 Å². The van der Waals surface area contributed by atoms with Crippen molar-refractivity contribution in [3.8, 4) is 0 Å². The Morgan fingerprint density at radius 3 is 2.54 bits per heavy atom. The Hall–Kier alpha value is 0.270. The van der Waals surface area contributed by atoms with Gasteiger partial charge in [0.05, 0.1) is 6.61 Å². The van der Waals surface area contributed by atoms with Crippen LogP contribution < -0.4 is 5.32 Å². The van der Waals surface area contributed by atoms with Crippen molar-refractivity contribution in [2.24, 2.45) is 0 Å². The molecule has 0 aliphatic heterocycles. The molecule has 2 atom stereocenters. The van der Waals surface area contributed by atoms with Crippen molar-refractivity contribution in [2.75, 3.05) is 19.4 Å². The zero-order valence-electron chi connectivity index (χ0n) is 9.05. The number of nitrogens with one attached hydrogen (secondary N) is 1. The molecule has 0 aromatic rings. The molecule has 13 heavy (non-hydrogen) atoms. The van der Waals surface area contributed by atoms with Crippen LogP contribution in [0.2, 0.25) is 0 Å². The van der Waals surface area contributed by atoms with Crippen LogP contribution >= 0.6 is 11.8 Å². The molecule has 0 amide bonds. The highest BCUT2D eigenvalue weighted by Gasteiger charge is 2.13. The van der Waals surface area contributed by atoms with Crippen molar-refractivity contribution < 1.29 is 5.11 Å². The summed E-state index contributed by atoms with van der Waals surface area (Å²) >= 11 is 1.73. The summed E-state index contributed by atoms with van der Waals surface area (Å²) in [5.74, 6) is 0. The maximum absolute atomic E-state index is 9.04. The maximum atomic E-state index is 9.04. The van der Waals surface area contributed by atoms with Gasteiger partial charge in [-0.2, -0.15) is 11.8 Å². The molecular weight excluding hydrogens is 182 g/mol. The minimum atomic E-state index is 0.267. The first-order valence-electron chi connectivity index (χ1n) is 5.13. The highest BCUT2D eigenvalue weighted by Crippen LogP contribution is 2.10. The standard InChI is InChI=1S/C10H23NOS/c1-4-5-6-7-11-9(2)10(8-12)13-3/h9-12H,4-8H2,1-3H3. The van der Waals surface area contributed by atoms with Crippen LogP contribution in [0, 0.1) is 0 Å². The van der Waals surface area contributed by atoms with Crippen molar-refractivity contribution >= 4 is 11.8 Å². The molecule has 0 bridgehead atoms. The summed E-state index contributed by atoms with van der Waals surface area (Å²) in [6, 6.07) is 0.414. The molecular formula is C10H23NOS. The first-order valence-corrected chi connectivity index (χ1v) is 6.42. The number of unbranched alkanes of at least 4 members (excludes halogenated alkanes) is 2. The van der Waals surface area contributed by atoms with Gasteiger partial charge in [-0.15, -0.1) is 0 Å². The highest BCUT2D eigenvalue weighted by atomic mass is 32.2. The molecule has 0 fully saturated rings. The van der Waals surface area contributed by atoms with Crippen molar-refractivity contribution in [1.29, 1.82) is 0 Å². The van der Waals surface area contributed by atoms with Crippen molar-refractivity contribution in [2.45, 2.75) is 44.4 Å². The van der Waals surface area contributed by atoms with E-state index in [1.165, 1.54) is 19.3 Å². The monoisotopic (exact) mass is 205 g/mol. The van der Waals surface area contributed by atoms with E-state index >= 15 is 0 Å². The van der Waals surface area contributed by atoms with E-state index in [1.54, 1.807) is 11.8 Å². The van der Waals surface area contributed by atoms with Crippen LogP contribution in [0.5, 0.6) is 0 Å². The third-order valence-electron chi connectivity index (χ3n) is 2.29. The summed E-state index contributed by atoms with van der Waals surface area (Å²) in [6.07, 6.45) is 5.85. The summed E-state index contributed by atoms with van der Waals surface area (Å²) in [7, 11) is 0. The van der Waals surface area contributed by atoms with E-state index in [-0.39, 0.29) is 6.61 Å². The number of hydrogen-bond acceptors (Lipinski definition) is 3. The van der Waals surface area contributed by atoms with Gasteiger partial charge in [-0.25, -0.2) is 0 Å². The van der Waals surface area contributed by atoms with Gasteiger partial charge in [-0.1, -0.05) is 19.8 Å². The number of thioether (sulfide) groups is 1. The molecule has 0 heterocycles. The molecule has 0 radical (unpaired) electrons. The van der Waals surface area contributed by atoms with E-state index < -0.39 is 0 Å². The van der Waals surface area contributed by atoms with Gasteiger partial charge in [-0.05, 0) is 26.1 Å². The molecule has 0 aliphatic carbocycles. The van der Waals surface area contributed by atoms with Crippen LogP contribution in [-0.2, 0) is 0 Å². The van der Waals surface area contributed by atoms with Crippen LogP contribution in [0.4, 0.5) is 0 Å². The zero-order chi connectivity index (χ0) is 10.1. The largest absolute Gasteiger partial charge is 0.395 e. The predicted octanol–water partition coefficient (Wildman–Crippen LogP) is 1.88. The highest BCUT2D eigenvalue weighted by molar-refractivity contribution is 7.99. The van der Waals surface area contributed by atoms with Gasteiger partial charge < -0.3 is 10.4 Å². The second-order valence-corrected chi connectivity index (χ2v) is 4.48. The smallest absolute Gasteiger partial charge is 0.0564 e. The van der Waals surface area contributed by atoms with Gasteiger partial charge >= 0.3 is 0 Å². The fourth-order valence-corrected chi connectivity index (χ4v) is 1.93. The molecule has 0 rings (SSSR count). The van der Waals surface area contributed by atoms with Crippen LogP contribution in [-0.4, -0.2) is 35.8 Å². The zero-order valence-corrected chi connectivity index (χ0v) is 9.86. The summed E-state index contributed by atoms with van der Waals surface area (Å²) in [4.78, 5) is 0. The van der Waals surface area contributed by atoms with E-state index in [0.717, 1.165) is 6.54 Å². The van der Waals surface area contributed by atoms with Gasteiger partial charge in [0.25, 0.3) is 0 Å². The Morgan fingerprint density at radius 2 is 2.08 bits per heavy atom. The minimum Gasteiger partial charge on any atom is -0.395 e. The van der Waals surface area contributed by atoms with Crippen LogP contribution in [0.1, 0.15) is 33.1 Å². The summed E-state index contributed by atoms with van der Waals surface area (Å²) < 4.78 is 0. The van der Waals surface area contributed by atoms with Gasteiger partial charge in [0.1, 0.15) is 0 Å². The molecule has 3 heteroatoms. The lowest BCUT2D eigenvalue weighted by molar-refractivity contribution is 0.276. The SMILES string of the molecule is CCCCCNC(C)C(CO)SC. The van der Waals surface area contributed by atoms with Gasteiger partial charge in [0, 0.05) is 11.3 Å². The van der Waals surface area contributed by atoms with Gasteiger partial charge in [0.15, 0.2) is 0 Å². The lowest BCUT2D eigenvalue weighted by Crippen LogP contribution is -2.37. The first-order chi connectivity index (χ1) is 6.26. The second kappa shape index (κ2) is 8.85. The number of aliphatic hydroxyl groups excluding tert-OH is 1. The molecule has 0 aromatic carbocycles. The summed E-state index contributed by atoms with van der Waals surface area (Å²) in [5, 5.41) is 12.8. The van der Waals surface area contributed by atoms with Gasteiger partial charge in [0.2, 0.25) is 0 Å². The maximum Gasteiger partial charge on any atom is 0.0564 e. The molecule has 80 valence electrons. The third-order valence-corrected chi connectivity index (χ3v) is 3.45. The fraction of sp³-hybridized carbons (Fsp3) is 1.00. The van der Waals surface area contributed by atoms with Crippen LogP contribution in [0.15, 0.2) is 0 Å². The van der Waals surface area contributed by atoms with Crippen LogP contribution in [0.25, 0.3) is 0 Å². The van der Waals surface area contributed by atoms with Gasteiger partial charge in [-0.3, -0.25) is 0 Å². The van der Waals surface area contributed by atoms with E-state index in [0.29, 0.717) is 11.3 Å². The van der Waals surface area contributed by atoms with E-state index in [4.69, 9.17) is 5.11 Å². The van der Waals surface area contributed by atoms with Crippen molar-refractivity contribution in [3.05, 3.63) is 0 Å². The van der Waals surface area contributed by atoms with Crippen molar-refractivity contribution in [1.82, 2.24) is 5.32 Å². The average Bonchev–Trinajstić information content (AvgIpc) is 2.14. The first kappa shape index (κ1) is 13.3. The molecule has 0 aliphatic rings.